The molecule has 0 fully saturated rings. The summed E-state index contributed by atoms with van der Waals surface area (Å²) in [6, 6.07) is 13.2. The minimum atomic E-state index is -0.510. The van der Waals surface area contributed by atoms with Crippen molar-refractivity contribution in [3.63, 3.8) is 0 Å². The third kappa shape index (κ3) is 4.04. The second-order valence-electron chi connectivity index (χ2n) is 4.79. The summed E-state index contributed by atoms with van der Waals surface area (Å²) >= 11 is 6.07. The van der Waals surface area contributed by atoms with Crippen molar-refractivity contribution in [3.8, 4) is 23.2 Å². The molecule has 0 saturated carbocycles. The van der Waals surface area contributed by atoms with E-state index in [2.05, 4.69) is 10.1 Å². The highest BCUT2D eigenvalue weighted by Gasteiger charge is 2.14. The van der Waals surface area contributed by atoms with Gasteiger partial charge in [-0.15, -0.1) is 0 Å². The van der Waals surface area contributed by atoms with Gasteiger partial charge in [0.05, 0.1) is 9.95 Å². The molecule has 0 N–H and O–H groups in total. The fraction of sp³-hybridized carbons (Fsp3) is 0.125. The summed E-state index contributed by atoms with van der Waals surface area (Å²) in [5.74, 6) is 0.471. The molecule has 1 heterocycles. The number of nitrogens with zero attached hydrogens (tertiary/aromatic N) is 3. The van der Waals surface area contributed by atoms with Gasteiger partial charge in [-0.2, -0.15) is 4.98 Å². The van der Waals surface area contributed by atoms with Crippen LogP contribution >= 0.6 is 11.6 Å². The highest BCUT2D eigenvalue weighted by atomic mass is 35.5. The zero-order chi connectivity index (χ0) is 17.6. The molecule has 0 aliphatic rings. The Morgan fingerprint density at radius 2 is 1.80 bits per heavy atom. The summed E-state index contributed by atoms with van der Waals surface area (Å²) in [6.07, 6.45) is -0.0407. The molecule has 3 rings (SSSR count). The molecule has 0 aliphatic carbocycles. The number of nitro groups is 1. The van der Waals surface area contributed by atoms with Gasteiger partial charge in [-0.3, -0.25) is 14.6 Å². The molecule has 0 spiro atoms. The molecule has 25 heavy (non-hydrogen) atoms. The Morgan fingerprint density at radius 1 is 1.08 bits per heavy atom. The van der Waals surface area contributed by atoms with E-state index >= 15 is 0 Å². The largest absolute Gasteiger partial charge is 0.483 e. The first-order valence-corrected chi connectivity index (χ1v) is 7.60. The van der Waals surface area contributed by atoms with Crippen molar-refractivity contribution in [2.24, 2.45) is 0 Å². The summed E-state index contributed by atoms with van der Waals surface area (Å²) in [6.45, 7) is 0.158. The van der Waals surface area contributed by atoms with E-state index in [4.69, 9.17) is 25.6 Å². The molecular formula is C16H12ClN3O5. The normalized spacial score (nSPS) is 10.4. The van der Waals surface area contributed by atoms with Crippen LogP contribution < -0.4 is 9.47 Å². The molecule has 0 atom stereocenters. The lowest BCUT2D eigenvalue weighted by Crippen LogP contribution is -2.10. The number of aromatic nitrogens is 2. The molecule has 0 amide bonds. The number of halogens is 1. The summed E-state index contributed by atoms with van der Waals surface area (Å²) < 4.78 is 15.6. The summed E-state index contributed by atoms with van der Waals surface area (Å²) in [7, 11) is 0. The minimum absolute atomic E-state index is 0.0407. The van der Waals surface area contributed by atoms with E-state index in [0.29, 0.717) is 16.4 Å². The summed E-state index contributed by atoms with van der Waals surface area (Å²) in [4.78, 5) is 14.5. The molecule has 0 radical (unpaired) electrons. The van der Waals surface area contributed by atoms with Gasteiger partial charge in [-0.05, 0) is 18.2 Å². The number of para-hydroxylation sites is 2. The Bertz CT molecular complexity index is 883. The number of ether oxygens (including phenoxy) is 2. The van der Waals surface area contributed by atoms with Gasteiger partial charge in [0.2, 0.25) is 5.82 Å². The Kier molecular flexibility index (Phi) is 5.10. The van der Waals surface area contributed by atoms with Crippen LogP contribution in [-0.4, -0.2) is 28.3 Å². The third-order valence-electron chi connectivity index (χ3n) is 3.15. The Morgan fingerprint density at radius 3 is 2.60 bits per heavy atom. The van der Waals surface area contributed by atoms with Crippen LogP contribution in [0, 0.1) is 10.1 Å². The molecule has 0 unspecified atom stereocenters. The van der Waals surface area contributed by atoms with Crippen molar-refractivity contribution in [1.82, 2.24) is 10.1 Å². The molecular weight excluding hydrogens is 350 g/mol. The van der Waals surface area contributed by atoms with Gasteiger partial charge in [0.15, 0.2) is 5.75 Å². The van der Waals surface area contributed by atoms with Crippen molar-refractivity contribution in [3.05, 3.63) is 63.7 Å². The number of hydrogen-bond donors (Lipinski definition) is 0. The van der Waals surface area contributed by atoms with Gasteiger partial charge in [0.1, 0.15) is 13.2 Å². The van der Waals surface area contributed by atoms with E-state index in [9.17, 15) is 10.1 Å². The van der Waals surface area contributed by atoms with Crippen molar-refractivity contribution in [1.29, 1.82) is 0 Å². The van der Waals surface area contributed by atoms with E-state index in [-0.39, 0.29) is 30.7 Å². The van der Waals surface area contributed by atoms with Crippen LogP contribution in [0.5, 0.6) is 11.8 Å². The zero-order valence-electron chi connectivity index (χ0n) is 12.8. The predicted molar refractivity (Wildman–Crippen MR) is 88.8 cm³/mol. The number of rotatable bonds is 7. The van der Waals surface area contributed by atoms with Crippen LogP contribution in [0.3, 0.4) is 0 Å². The molecule has 3 aromatic rings. The Hall–Kier alpha value is -3.13. The van der Waals surface area contributed by atoms with Gasteiger partial charge in [-0.1, -0.05) is 41.0 Å². The lowest BCUT2D eigenvalue weighted by molar-refractivity contribution is -0.385. The van der Waals surface area contributed by atoms with Crippen LogP contribution in [0.25, 0.3) is 11.4 Å². The Balaban J connectivity index is 1.56. The van der Waals surface area contributed by atoms with Crippen molar-refractivity contribution >= 4 is 17.3 Å². The molecule has 0 aliphatic heterocycles. The highest BCUT2D eigenvalue weighted by molar-refractivity contribution is 6.33. The summed E-state index contributed by atoms with van der Waals surface area (Å²) in [5, 5.41) is 15.2. The maximum Gasteiger partial charge on any atom is 0.417 e. The maximum absolute atomic E-state index is 10.9. The topological polar surface area (TPSA) is 101 Å². The average Bonchev–Trinajstić information content (AvgIpc) is 3.08. The number of hydrogen-bond acceptors (Lipinski definition) is 7. The van der Waals surface area contributed by atoms with Crippen LogP contribution in [0.1, 0.15) is 0 Å². The SMILES string of the molecule is O=[N+]([O-])c1ccccc1OCCOc1nc(-c2ccccc2Cl)no1. The van der Waals surface area contributed by atoms with Gasteiger partial charge in [0, 0.05) is 11.6 Å². The Labute approximate surface area is 147 Å². The lowest BCUT2D eigenvalue weighted by atomic mass is 10.2. The van der Waals surface area contributed by atoms with Gasteiger partial charge >= 0.3 is 11.8 Å². The van der Waals surface area contributed by atoms with Gasteiger partial charge in [0.25, 0.3) is 0 Å². The maximum atomic E-state index is 10.9. The third-order valence-corrected chi connectivity index (χ3v) is 3.48. The van der Waals surface area contributed by atoms with Crippen molar-refractivity contribution < 1.29 is 18.9 Å². The molecule has 9 heteroatoms. The molecule has 8 nitrogen and oxygen atoms in total. The van der Waals surface area contributed by atoms with E-state index in [1.807, 2.05) is 0 Å². The summed E-state index contributed by atoms with van der Waals surface area (Å²) in [5.41, 5.74) is 0.514. The van der Waals surface area contributed by atoms with Crippen LogP contribution in [0.2, 0.25) is 5.02 Å². The van der Waals surface area contributed by atoms with Crippen LogP contribution in [0.15, 0.2) is 53.1 Å². The molecule has 1 aromatic heterocycles. The standard InChI is InChI=1S/C16H12ClN3O5/c17-12-6-2-1-5-11(12)15-18-16(25-19-15)24-10-9-23-14-8-4-3-7-13(14)20(21)22/h1-8H,9-10H2. The van der Waals surface area contributed by atoms with Crippen LogP contribution in [0.4, 0.5) is 5.69 Å². The highest BCUT2D eigenvalue weighted by Crippen LogP contribution is 2.27. The molecule has 0 bridgehead atoms. The first-order chi connectivity index (χ1) is 12.1. The van der Waals surface area contributed by atoms with Gasteiger partial charge < -0.3 is 9.47 Å². The van der Waals surface area contributed by atoms with E-state index in [0.717, 1.165) is 0 Å². The second-order valence-corrected chi connectivity index (χ2v) is 5.19. The first-order valence-electron chi connectivity index (χ1n) is 7.23. The van der Waals surface area contributed by atoms with Gasteiger partial charge in [-0.25, -0.2) is 0 Å². The quantitative estimate of drug-likeness (QED) is 0.358. The van der Waals surface area contributed by atoms with E-state index in [1.165, 1.54) is 12.1 Å². The fourth-order valence-electron chi connectivity index (χ4n) is 2.03. The minimum Gasteiger partial charge on any atom is -0.483 e. The second kappa shape index (κ2) is 7.63. The average molecular weight is 362 g/mol. The lowest BCUT2D eigenvalue weighted by Gasteiger charge is -2.05. The van der Waals surface area contributed by atoms with Crippen molar-refractivity contribution in [2.75, 3.05) is 13.2 Å². The van der Waals surface area contributed by atoms with E-state index < -0.39 is 4.92 Å². The molecule has 0 saturated heterocycles. The molecule has 2 aromatic carbocycles. The van der Waals surface area contributed by atoms with Crippen LogP contribution in [-0.2, 0) is 0 Å². The number of benzene rings is 2. The monoisotopic (exact) mass is 361 g/mol. The fourth-order valence-corrected chi connectivity index (χ4v) is 2.25. The van der Waals surface area contributed by atoms with E-state index in [1.54, 1.807) is 36.4 Å². The zero-order valence-corrected chi connectivity index (χ0v) is 13.5. The number of nitro benzene ring substituents is 1. The smallest absolute Gasteiger partial charge is 0.417 e. The first kappa shape index (κ1) is 16.7. The predicted octanol–water partition coefficient (Wildman–Crippen LogP) is 3.76. The van der Waals surface area contributed by atoms with Crippen molar-refractivity contribution in [2.45, 2.75) is 0 Å². The molecule has 128 valence electrons.